The van der Waals surface area contributed by atoms with Gasteiger partial charge in [-0.05, 0) is 17.7 Å². The first-order valence-electron chi connectivity index (χ1n) is 6.99. The molecular weight excluding hydrogens is 318 g/mol. The number of hydrogen-bond donors (Lipinski definition) is 2. The number of aromatic nitrogens is 2. The standard InChI is InChI=1S/C15H14ClN5O2/c1-21-13(22)7-6-11(20-21)14(23)19-15-17-8-12(18-15)9-2-4-10(16)5-3-9/h2-5,8H,6-7H2,1H3,(H2,17,18,19,23). The van der Waals surface area contributed by atoms with E-state index in [0.717, 1.165) is 11.3 Å². The zero-order chi connectivity index (χ0) is 16.4. The number of carbonyl (C=O) groups excluding carboxylic acids is 2. The van der Waals surface area contributed by atoms with Crippen LogP contribution in [0, 0.1) is 0 Å². The Morgan fingerprint density at radius 1 is 1.30 bits per heavy atom. The Balaban J connectivity index is 1.72. The second-order valence-corrected chi connectivity index (χ2v) is 5.51. The smallest absolute Gasteiger partial charge is 0.274 e. The number of rotatable bonds is 3. The zero-order valence-corrected chi connectivity index (χ0v) is 13.1. The Morgan fingerprint density at radius 2 is 2.04 bits per heavy atom. The number of hydrogen-bond acceptors (Lipinski definition) is 4. The van der Waals surface area contributed by atoms with Crippen molar-refractivity contribution in [1.29, 1.82) is 0 Å². The highest BCUT2D eigenvalue weighted by Gasteiger charge is 2.22. The SMILES string of the molecule is CN1N=C(C(=O)Nc2ncc(-c3ccc(Cl)cc3)[nH]2)CCC1=O. The summed E-state index contributed by atoms with van der Waals surface area (Å²) in [4.78, 5) is 30.7. The quantitative estimate of drug-likeness (QED) is 0.904. The molecule has 1 aliphatic rings. The van der Waals surface area contributed by atoms with Gasteiger partial charge in [0, 0.05) is 24.9 Å². The zero-order valence-electron chi connectivity index (χ0n) is 12.3. The van der Waals surface area contributed by atoms with Gasteiger partial charge >= 0.3 is 0 Å². The molecule has 1 aliphatic heterocycles. The Morgan fingerprint density at radius 3 is 2.74 bits per heavy atom. The van der Waals surface area contributed by atoms with Crippen LogP contribution in [0.15, 0.2) is 35.6 Å². The maximum absolute atomic E-state index is 12.2. The number of nitrogens with zero attached hydrogens (tertiary/aromatic N) is 3. The Hall–Kier alpha value is -2.67. The van der Waals surface area contributed by atoms with E-state index in [1.165, 1.54) is 12.1 Å². The predicted molar refractivity (Wildman–Crippen MR) is 87.1 cm³/mol. The summed E-state index contributed by atoms with van der Waals surface area (Å²) in [5.41, 5.74) is 1.97. The molecule has 0 spiro atoms. The third kappa shape index (κ3) is 3.40. The van der Waals surface area contributed by atoms with Crippen molar-refractivity contribution < 1.29 is 9.59 Å². The number of amides is 2. The highest BCUT2D eigenvalue weighted by atomic mass is 35.5. The number of imidazole rings is 1. The van der Waals surface area contributed by atoms with Gasteiger partial charge in [0.05, 0.1) is 11.9 Å². The summed E-state index contributed by atoms with van der Waals surface area (Å²) >= 11 is 5.86. The summed E-state index contributed by atoms with van der Waals surface area (Å²) in [5.74, 6) is -0.159. The molecule has 0 aliphatic carbocycles. The fourth-order valence-corrected chi connectivity index (χ4v) is 2.30. The molecule has 8 heteroatoms. The Bertz CT molecular complexity index is 781. The monoisotopic (exact) mass is 331 g/mol. The Kier molecular flexibility index (Phi) is 4.12. The molecule has 0 atom stereocenters. The number of benzene rings is 1. The van der Waals surface area contributed by atoms with Crippen LogP contribution in [-0.2, 0) is 9.59 Å². The normalized spacial score (nSPS) is 14.6. The van der Waals surface area contributed by atoms with Gasteiger partial charge in [0.25, 0.3) is 5.91 Å². The van der Waals surface area contributed by atoms with Gasteiger partial charge in [-0.3, -0.25) is 14.9 Å². The van der Waals surface area contributed by atoms with E-state index in [1.54, 1.807) is 18.3 Å². The molecule has 0 fully saturated rings. The van der Waals surface area contributed by atoms with Crippen LogP contribution in [0.3, 0.4) is 0 Å². The van der Waals surface area contributed by atoms with E-state index in [-0.39, 0.29) is 18.2 Å². The fraction of sp³-hybridized carbons (Fsp3) is 0.200. The maximum Gasteiger partial charge on any atom is 0.274 e. The minimum absolute atomic E-state index is 0.107. The molecule has 2 aromatic rings. The van der Waals surface area contributed by atoms with Crippen molar-refractivity contribution in [1.82, 2.24) is 15.0 Å². The molecule has 1 aromatic heterocycles. The van der Waals surface area contributed by atoms with Gasteiger partial charge in [0.15, 0.2) is 0 Å². The molecule has 23 heavy (non-hydrogen) atoms. The summed E-state index contributed by atoms with van der Waals surface area (Å²) in [5, 5.41) is 8.44. The summed E-state index contributed by atoms with van der Waals surface area (Å²) in [6.45, 7) is 0. The van der Waals surface area contributed by atoms with E-state index in [2.05, 4.69) is 20.4 Å². The van der Waals surface area contributed by atoms with Crippen LogP contribution in [0.25, 0.3) is 11.3 Å². The first-order valence-corrected chi connectivity index (χ1v) is 7.37. The number of aromatic amines is 1. The first kappa shape index (κ1) is 15.2. The number of halogens is 1. The first-order chi connectivity index (χ1) is 11.0. The number of H-pyrrole nitrogens is 1. The lowest BCUT2D eigenvalue weighted by Gasteiger charge is -2.18. The largest absolute Gasteiger partial charge is 0.324 e. The van der Waals surface area contributed by atoms with Gasteiger partial charge in [-0.25, -0.2) is 9.99 Å². The minimum atomic E-state index is -0.374. The molecule has 1 aromatic carbocycles. The van der Waals surface area contributed by atoms with Crippen LogP contribution in [0.4, 0.5) is 5.95 Å². The van der Waals surface area contributed by atoms with E-state index in [4.69, 9.17) is 11.6 Å². The van der Waals surface area contributed by atoms with Crippen molar-refractivity contribution in [2.75, 3.05) is 12.4 Å². The van der Waals surface area contributed by atoms with Crippen LogP contribution in [0.5, 0.6) is 0 Å². The van der Waals surface area contributed by atoms with Crippen molar-refractivity contribution in [2.24, 2.45) is 5.10 Å². The van der Waals surface area contributed by atoms with Crippen LogP contribution < -0.4 is 5.32 Å². The molecule has 0 saturated carbocycles. The van der Waals surface area contributed by atoms with Gasteiger partial charge in [0.1, 0.15) is 5.71 Å². The molecule has 2 N–H and O–H groups in total. The van der Waals surface area contributed by atoms with Crippen LogP contribution in [0.2, 0.25) is 5.02 Å². The summed E-state index contributed by atoms with van der Waals surface area (Å²) in [6, 6.07) is 7.26. The molecule has 0 bridgehead atoms. The summed E-state index contributed by atoms with van der Waals surface area (Å²) < 4.78 is 0. The highest BCUT2D eigenvalue weighted by Crippen LogP contribution is 2.21. The van der Waals surface area contributed by atoms with Gasteiger partial charge < -0.3 is 4.98 Å². The van der Waals surface area contributed by atoms with E-state index in [1.807, 2.05) is 12.1 Å². The van der Waals surface area contributed by atoms with E-state index in [0.29, 0.717) is 23.1 Å². The number of nitrogens with one attached hydrogen (secondary N) is 2. The maximum atomic E-state index is 12.2. The molecule has 2 heterocycles. The molecule has 0 saturated heterocycles. The number of anilines is 1. The molecule has 0 unspecified atom stereocenters. The minimum Gasteiger partial charge on any atom is -0.324 e. The molecule has 0 radical (unpaired) electrons. The summed E-state index contributed by atoms with van der Waals surface area (Å²) in [7, 11) is 1.53. The average Bonchev–Trinajstić information content (AvgIpc) is 2.99. The van der Waals surface area contributed by atoms with Gasteiger partial charge in [0.2, 0.25) is 11.9 Å². The number of hydrazone groups is 1. The Labute approximate surface area is 137 Å². The third-order valence-corrected chi connectivity index (χ3v) is 3.68. The lowest BCUT2D eigenvalue weighted by atomic mass is 10.1. The van der Waals surface area contributed by atoms with Gasteiger partial charge in [-0.15, -0.1) is 0 Å². The van der Waals surface area contributed by atoms with Crippen molar-refractivity contribution in [3.63, 3.8) is 0 Å². The topological polar surface area (TPSA) is 90.4 Å². The van der Waals surface area contributed by atoms with E-state index >= 15 is 0 Å². The average molecular weight is 332 g/mol. The third-order valence-electron chi connectivity index (χ3n) is 3.43. The highest BCUT2D eigenvalue weighted by molar-refractivity contribution is 6.43. The van der Waals surface area contributed by atoms with Crippen LogP contribution >= 0.6 is 11.6 Å². The van der Waals surface area contributed by atoms with E-state index < -0.39 is 0 Å². The van der Waals surface area contributed by atoms with Gasteiger partial charge in [-0.2, -0.15) is 5.10 Å². The van der Waals surface area contributed by atoms with E-state index in [9.17, 15) is 9.59 Å². The van der Waals surface area contributed by atoms with Crippen LogP contribution in [-0.4, -0.2) is 39.6 Å². The fourth-order valence-electron chi connectivity index (χ4n) is 2.17. The summed E-state index contributed by atoms with van der Waals surface area (Å²) in [6.07, 6.45) is 2.22. The molecular formula is C15H14ClN5O2. The molecule has 3 rings (SSSR count). The second kappa shape index (κ2) is 6.21. The van der Waals surface area contributed by atoms with Gasteiger partial charge in [-0.1, -0.05) is 23.7 Å². The molecule has 7 nitrogen and oxygen atoms in total. The molecule has 118 valence electrons. The van der Waals surface area contributed by atoms with Crippen molar-refractivity contribution in [3.8, 4) is 11.3 Å². The van der Waals surface area contributed by atoms with Crippen molar-refractivity contribution in [2.45, 2.75) is 12.8 Å². The van der Waals surface area contributed by atoms with Crippen LogP contribution in [0.1, 0.15) is 12.8 Å². The predicted octanol–water partition coefficient (Wildman–Crippen LogP) is 2.28. The van der Waals surface area contributed by atoms with Crippen molar-refractivity contribution in [3.05, 3.63) is 35.5 Å². The number of carbonyl (C=O) groups is 2. The van der Waals surface area contributed by atoms with Crippen molar-refractivity contribution >= 4 is 35.1 Å². The lowest BCUT2D eigenvalue weighted by molar-refractivity contribution is -0.130. The second-order valence-electron chi connectivity index (χ2n) is 5.07. The lowest BCUT2D eigenvalue weighted by Crippen LogP contribution is -2.34. The molecule has 2 amide bonds.